The number of aliphatic hydroxyl groups excluding tert-OH is 2. The summed E-state index contributed by atoms with van der Waals surface area (Å²) in [5.41, 5.74) is 0.713. The van der Waals surface area contributed by atoms with Crippen molar-refractivity contribution in [3.05, 3.63) is 29.8 Å². The molecule has 3 N–H and O–H groups in total. The molecular formula is C16H23NO3. The zero-order chi connectivity index (χ0) is 14.0. The van der Waals surface area contributed by atoms with E-state index >= 15 is 0 Å². The molecule has 20 heavy (non-hydrogen) atoms. The van der Waals surface area contributed by atoms with Gasteiger partial charge in [-0.25, -0.2) is 0 Å². The number of hydrogen-bond acceptors (Lipinski definition) is 4. The van der Waals surface area contributed by atoms with Crippen LogP contribution in [0.15, 0.2) is 24.3 Å². The molecule has 0 heterocycles. The first kappa shape index (κ1) is 13.9. The summed E-state index contributed by atoms with van der Waals surface area (Å²) in [5, 5.41) is 22.4. The fourth-order valence-corrected chi connectivity index (χ4v) is 3.07. The maximum Gasteiger partial charge on any atom is 0.120 e. The lowest BCUT2D eigenvalue weighted by molar-refractivity contribution is 0.139. The number of benzene rings is 1. The van der Waals surface area contributed by atoms with Crippen molar-refractivity contribution < 1.29 is 14.9 Å². The lowest BCUT2D eigenvalue weighted by Gasteiger charge is -2.28. The Hall–Kier alpha value is -1.10. The molecule has 1 aromatic rings. The summed E-state index contributed by atoms with van der Waals surface area (Å²) in [7, 11) is 0. The molecule has 2 saturated carbocycles. The van der Waals surface area contributed by atoms with E-state index in [4.69, 9.17) is 9.84 Å². The van der Waals surface area contributed by atoms with Crippen molar-refractivity contribution >= 4 is 0 Å². The summed E-state index contributed by atoms with van der Waals surface area (Å²) in [6.45, 7) is 0.214. The second kappa shape index (κ2) is 5.72. The first-order chi connectivity index (χ1) is 9.73. The Bertz CT molecular complexity index is 461. The van der Waals surface area contributed by atoms with Gasteiger partial charge in [0.05, 0.1) is 13.2 Å². The van der Waals surface area contributed by atoms with Crippen LogP contribution in [0.5, 0.6) is 5.75 Å². The van der Waals surface area contributed by atoms with Gasteiger partial charge in [-0.2, -0.15) is 0 Å². The zero-order valence-corrected chi connectivity index (χ0v) is 11.7. The monoisotopic (exact) mass is 277 g/mol. The van der Waals surface area contributed by atoms with E-state index in [9.17, 15) is 5.11 Å². The van der Waals surface area contributed by atoms with Crippen molar-refractivity contribution in [3.8, 4) is 5.75 Å². The minimum absolute atomic E-state index is 0.0334. The van der Waals surface area contributed by atoms with E-state index in [1.165, 1.54) is 12.8 Å². The normalized spacial score (nSPS) is 29.6. The third-order valence-electron chi connectivity index (χ3n) is 4.34. The molecule has 0 bridgehead atoms. The van der Waals surface area contributed by atoms with Crippen LogP contribution in [0.2, 0.25) is 0 Å². The molecule has 2 aliphatic rings. The van der Waals surface area contributed by atoms with E-state index in [0.29, 0.717) is 6.04 Å². The fourth-order valence-electron chi connectivity index (χ4n) is 3.07. The molecule has 3 rings (SSSR count). The van der Waals surface area contributed by atoms with Crippen LogP contribution in [0, 0.1) is 0 Å². The molecule has 4 heteroatoms. The standard InChI is InChI=1S/C16H23NO3/c18-10-12-2-1-3-14(8-12)20-15-6-7-16(9-15,11-19)17-13-4-5-13/h1-3,8,13,15,17-19H,4-7,9-11H2. The summed E-state index contributed by atoms with van der Waals surface area (Å²) in [6.07, 6.45) is 5.37. The van der Waals surface area contributed by atoms with Gasteiger partial charge < -0.3 is 20.3 Å². The summed E-state index contributed by atoms with van der Waals surface area (Å²) in [6, 6.07) is 8.18. The lowest BCUT2D eigenvalue weighted by atomic mass is 9.98. The van der Waals surface area contributed by atoms with Gasteiger partial charge in [0.2, 0.25) is 0 Å². The van der Waals surface area contributed by atoms with Gasteiger partial charge in [0.1, 0.15) is 11.9 Å². The number of hydrogen-bond donors (Lipinski definition) is 3. The van der Waals surface area contributed by atoms with Gasteiger partial charge in [0.25, 0.3) is 0 Å². The Balaban J connectivity index is 1.61. The predicted octanol–water partition coefficient (Wildman–Crippen LogP) is 1.59. The highest BCUT2D eigenvalue weighted by molar-refractivity contribution is 5.28. The van der Waals surface area contributed by atoms with Gasteiger partial charge in [0.15, 0.2) is 0 Å². The zero-order valence-electron chi connectivity index (χ0n) is 11.7. The molecule has 1 aromatic carbocycles. The first-order valence-corrected chi connectivity index (χ1v) is 7.48. The Kier molecular flexibility index (Phi) is 3.96. The molecule has 0 radical (unpaired) electrons. The van der Waals surface area contributed by atoms with Gasteiger partial charge in [-0.3, -0.25) is 0 Å². The molecule has 4 nitrogen and oxygen atoms in total. The van der Waals surface area contributed by atoms with Crippen molar-refractivity contribution in [1.29, 1.82) is 0 Å². The van der Waals surface area contributed by atoms with Gasteiger partial charge in [0, 0.05) is 18.0 Å². The topological polar surface area (TPSA) is 61.7 Å². The van der Waals surface area contributed by atoms with Crippen LogP contribution < -0.4 is 10.1 Å². The van der Waals surface area contributed by atoms with Gasteiger partial charge in [-0.15, -0.1) is 0 Å². The van der Waals surface area contributed by atoms with Crippen molar-refractivity contribution in [3.63, 3.8) is 0 Å². The van der Waals surface area contributed by atoms with Crippen molar-refractivity contribution in [1.82, 2.24) is 5.32 Å². The summed E-state index contributed by atoms with van der Waals surface area (Å²) < 4.78 is 6.01. The van der Waals surface area contributed by atoms with Crippen LogP contribution in [-0.2, 0) is 6.61 Å². The highest BCUT2D eigenvalue weighted by atomic mass is 16.5. The van der Waals surface area contributed by atoms with Crippen LogP contribution in [0.3, 0.4) is 0 Å². The molecule has 0 aliphatic heterocycles. The maximum atomic E-state index is 9.71. The molecule has 110 valence electrons. The summed E-state index contributed by atoms with van der Waals surface area (Å²) >= 11 is 0. The minimum atomic E-state index is -0.152. The highest BCUT2D eigenvalue weighted by Gasteiger charge is 2.42. The smallest absolute Gasteiger partial charge is 0.120 e. The van der Waals surface area contributed by atoms with E-state index in [1.54, 1.807) is 0 Å². The molecular weight excluding hydrogens is 254 g/mol. The average molecular weight is 277 g/mol. The van der Waals surface area contributed by atoms with Crippen LogP contribution in [-0.4, -0.2) is 34.5 Å². The molecule has 0 amide bonds. The molecule has 2 fully saturated rings. The van der Waals surface area contributed by atoms with Gasteiger partial charge >= 0.3 is 0 Å². The second-order valence-electron chi connectivity index (χ2n) is 6.15. The highest BCUT2D eigenvalue weighted by Crippen LogP contribution is 2.35. The third-order valence-corrected chi connectivity index (χ3v) is 4.34. The largest absolute Gasteiger partial charge is 0.490 e. The summed E-state index contributed by atoms with van der Waals surface area (Å²) in [4.78, 5) is 0. The SMILES string of the molecule is OCc1cccc(OC2CCC(CO)(NC3CC3)C2)c1. The Labute approximate surface area is 119 Å². The van der Waals surface area contributed by atoms with E-state index in [0.717, 1.165) is 30.6 Å². The predicted molar refractivity (Wildman–Crippen MR) is 76.6 cm³/mol. The van der Waals surface area contributed by atoms with Crippen molar-refractivity contribution in [2.75, 3.05) is 6.61 Å². The molecule has 0 aromatic heterocycles. The number of nitrogens with one attached hydrogen (secondary N) is 1. The third kappa shape index (κ3) is 3.14. The average Bonchev–Trinajstić information content (AvgIpc) is 3.19. The summed E-state index contributed by atoms with van der Waals surface area (Å²) in [5.74, 6) is 0.807. The van der Waals surface area contributed by atoms with Gasteiger partial charge in [-0.05, 0) is 43.4 Å². The van der Waals surface area contributed by atoms with E-state index in [2.05, 4.69) is 5.32 Å². The minimum Gasteiger partial charge on any atom is -0.490 e. The Morgan fingerprint density at radius 1 is 1.25 bits per heavy atom. The Morgan fingerprint density at radius 3 is 2.80 bits per heavy atom. The molecule has 0 spiro atoms. The van der Waals surface area contributed by atoms with Gasteiger partial charge in [-0.1, -0.05) is 12.1 Å². The Morgan fingerprint density at radius 2 is 2.10 bits per heavy atom. The molecule has 2 atom stereocenters. The number of rotatable bonds is 6. The lowest BCUT2D eigenvalue weighted by Crippen LogP contribution is -2.48. The quantitative estimate of drug-likeness (QED) is 0.739. The fraction of sp³-hybridized carbons (Fsp3) is 0.625. The number of ether oxygens (including phenoxy) is 1. The molecule has 2 unspecified atom stereocenters. The van der Waals surface area contributed by atoms with E-state index in [1.807, 2.05) is 24.3 Å². The van der Waals surface area contributed by atoms with Crippen LogP contribution in [0.1, 0.15) is 37.7 Å². The second-order valence-corrected chi connectivity index (χ2v) is 6.15. The van der Waals surface area contributed by atoms with Crippen LogP contribution in [0.25, 0.3) is 0 Å². The first-order valence-electron chi connectivity index (χ1n) is 7.48. The molecule has 0 saturated heterocycles. The van der Waals surface area contributed by atoms with Crippen molar-refractivity contribution in [2.24, 2.45) is 0 Å². The van der Waals surface area contributed by atoms with Crippen molar-refractivity contribution in [2.45, 2.75) is 56.4 Å². The van der Waals surface area contributed by atoms with E-state index in [-0.39, 0.29) is 24.9 Å². The maximum absolute atomic E-state index is 9.71. The van der Waals surface area contributed by atoms with Crippen LogP contribution >= 0.6 is 0 Å². The molecule has 2 aliphatic carbocycles. The number of aliphatic hydroxyl groups is 2. The van der Waals surface area contributed by atoms with Crippen LogP contribution in [0.4, 0.5) is 0 Å². The van der Waals surface area contributed by atoms with E-state index < -0.39 is 0 Å².